The van der Waals surface area contributed by atoms with E-state index in [1.165, 1.54) is 16.0 Å². The lowest BCUT2D eigenvalue weighted by Gasteiger charge is -1.99. The van der Waals surface area contributed by atoms with Crippen LogP contribution in [-0.2, 0) is 12.8 Å². The molecule has 84 valence electrons. The Kier molecular flexibility index (Phi) is 3.57. The standard InChI is InChI=1S/C13H16N2S/c1-10-3-5-11(6-4-10)7-8-12-9-15-13(14-2)16-12/h3-6,9H,7-8H2,1-2H3,(H,14,15). The number of hydrogen-bond donors (Lipinski definition) is 1. The van der Waals surface area contributed by atoms with Crippen LogP contribution in [0.4, 0.5) is 5.13 Å². The topological polar surface area (TPSA) is 24.9 Å². The Morgan fingerprint density at radius 2 is 1.94 bits per heavy atom. The molecule has 2 rings (SSSR count). The number of anilines is 1. The van der Waals surface area contributed by atoms with E-state index in [0.717, 1.165) is 18.0 Å². The minimum Gasteiger partial charge on any atom is -0.365 e. The van der Waals surface area contributed by atoms with Crippen molar-refractivity contribution in [3.63, 3.8) is 0 Å². The van der Waals surface area contributed by atoms with Crippen LogP contribution in [0.15, 0.2) is 30.5 Å². The van der Waals surface area contributed by atoms with Crippen LogP contribution in [-0.4, -0.2) is 12.0 Å². The summed E-state index contributed by atoms with van der Waals surface area (Å²) in [5.74, 6) is 0. The first-order valence-corrected chi connectivity index (χ1v) is 6.27. The van der Waals surface area contributed by atoms with Crippen molar-refractivity contribution in [3.8, 4) is 0 Å². The van der Waals surface area contributed by atoms with Crippen LogP contribution in [0, 0.1) is 6.92 Å². The molecule has 0 bridgehead atoms. The Morgan fingerprint density at radius 1 is 1.19 bits per heavy atom. The highest BCUT2D eigenvalue weighted by molar-refractivity contribution is 7.15. The van der Waals surface area contributed by atoms with Gasteiger partial charge in [0.2, 0.25) is 0 Å². The molecule has 2 aromatic rings. The average Bonchev–Trinajstić information content (AvgIpc) is 2.76. The van der Waals surface area contributed by atoms with E-state index >= 15 is 0 Å². The molecule has 0 spiro atoms. The number of nitrogens with zero attached hydrogens (tertiary/aromatic N) is 1. The summed E-state index contributed by atoms with van der Waals surface area (Å²) in [6.07, 6.45) is 4.12. The van der Waals surface area contributed by atoms with Gasteiger partial charge in [0.1, 0.15) is 0 Å². The van der Waals surface area contributed by atoms with Gasteiger partial charge in [-0.05, 0) is 25.3 Å². The van der Waals surface area contributed by atoms with Gasteiger partial charge in [-0.25, -0.2) is 4.98 Å². The Bertz CT molecular complexity index is 445. The van der Waals surface area contributed by atoms with Crippen LogP contribution < -0.4 is 5.32 Å². The van der Waals surface area contributed by atoms with E-state index in [-0.39, 0.29) is 0 Å². The first-order chi connectivity index (χ1) is 7.78. The minimum absolute atomic E-state index is 0.999. The molecule has 0 aliphatic heterocycles. The molecule has 0 unspecified atom stereocenters. The second-order valence-corrected chi connectivity index (χ2v) is 4.98. The summed E-state index contributed by atoms with van der Waals surface area (Å²) < 4.78 is 0. The molecule has 0 aliphatic carbocycles. The van der Waals surface area contributed by atoms with Crippen molar-refractivity contribution in [3.05, 3.63) is 46.5 Å². The minimum atomic E-state index is 0.999. The highest BCUT2D eigenvalue weighted by Crippen LogP contribution is 2.19. The monoisotopic (exact) mass is 232 g/mol. The molecule has 1 aromatic carbocycles. The summed E-state index contributed by atoms with van der Waals surface area (Å²) in [6, 6.07) is 8.74. The van der Waals surface area contributed by atoms with E-state index in [4.69, 9.17) is 0 Å². The van der Waals surface area contributed by atoms with Crippen molar-refractivity contribution in [2.24, 2.45) is 0 Å². The third-order valence-corrected chi connectivity index (χ3v) is 3.62. The SMILES string of the molecule is CNc1ncc(CCc2ccc(C)cc2)s1. The van der Waals surface area contributed by atoms with E-state index in [2.05, 4.69) is 41.5 Å². The number of aryl methyl sites for hydroxylation is 3. The van der Waals surface area contributed by atoms with Crippen molar-refractivity contribution < 1.29 is 0 Å². The summed E-state index contributed by atoms with van der Waals surface area (Å²) in [7, 11) is 1.91. The Hall–Kier alpha value is -1.35. The molecular formula is C13H16N2S. The molecular weight excluding hydrogens is 216 g/mol. The number of thiazole rings is 1. The second kappa shape index (κ2) is 5.12. The van der Waals surface area contributed by atoms with E-state index in [9.17, 15) is 0 Å². The molecule has 0 saturated heterocycles. The third kappa shape index (κ3) is 2.83. The van der Waals surface area contributed by atoms with Gasteiger partial charge in [0.05, 0.1) is 0 Å². The van der Waals surface area contributed by atoms with E-state index < -0.39 is 0 Å². The predicted octanol–water partition coefficient (Wildman–Crippen LogP) is 3.28. The summed E-state index contributed by atoms with van der Waals surface area (Å²) in [5, 5.41) is 4.06. The lowest BCUT2D eigenvalue weighted by molar-refractivity contribution is 0.975. The van der Waals surface area contributed by atoms with Gasteiger partial charge in [0.15, 0.2) is 5.13 Å². The average molecular weight is 232 g/mol. The zero-order chi connectivity index (χ0) is 11.4. The maximum absolute atomic E-state index is 4.27. The zero-order valence-corrected chi connectivity index (χ0v) is 10.5. The second-order valence-electron chi connectivity index (χ2n) is 3.87. The fourth-order valence-electron chi connectivity index (χ4n) is 1.56. The molecule has 3 heteroatoms. The van der Waals surface area contributed by atoms with E-state index in [1.807, 2.05) is 13.2 Å². The number of aromatic nitrogens is 1. The van der Waals surface area contributed by atoms with Crippen molar-refractivity contribution >= 4 is 16.5 Å². The quantitative estimate of drug-likeness (QED) is 0.875. The summed E-state index contributed by atoms with van der Waals surface area (Å²) in [4.78, 5) is 5.61. The maximum atomic E-state index is 4.27. The van der Waals surface area contributed by atoms with Crippen LogP contribution >= 0.6 is 11.3 Å². The molecule has 1 heterocycles. The van der Waals surface area contributed by atoms with Gasteiger partial charge in [0, 0.05) is 18.1 Å². The van der Waals surface area contributed by atoms with Gasteiger partial charge < -0.3 is 5.32 Å². The molecule has 0 fully saturated rings. The summed E-state index contributed by atoms with van der Waals surface area (Å²) in [5.41, 5.74) is 2.71. The van der Waals surface area contributed by atoms with Crippen molar-refractivity contribution in [2.45, 2.75) is 19.8 Å². The fourth-order valence-corrected chi connectivity index (χ4v) is 2.33. The number of benzene rings is 1. The molecule has 0 atom stereocenters. The Labute approximate surface area is 100 Å². The van der Waals surface area contributed by atoms with Crippen LogP contribution in [0.3, 0.4) is 0 Å². The number of hydrogen-bond acceptors (Lipinski definition) is 3. The summed E-state index contributed by atoms with van der Waals surface area (Å²) >= 11 is 1.73. The molecule has 0 aliphatic rings. The third-order valence-electron chi connectivity index (χ3n) is 2.55. The Balaban J connectivity index is 1.94. The van der Waals surface area contributed by atoms with Gasteiger partial charge in [-0.1, -0.05) is 29.8 Å². The summed E-state index contributed by atoms with van der Waals surface area (Å²) in [6.45, 7) is 2.12. The number of nitrogens with one attached hydrogen (secondary N) is 1. The normalized spacial score (nSPS) is 10.4. The lowest BCUT2D eigenvalue weighted by Crippen LogP contribution is -1.88. The first kappa shape index (κ1) is 11.1. The van der Waals surface area contributed by atoms with Crippen molar-refractivity contribution in [1.82, 2.24) is 4.98 Å². The molecule has 1 aromatic heterocycles. The van der Waals surface area contributed by atoms with Crippen LogP contribution in [0.25, 0.3) is 0 Å². The van der Waals surface area contributed by atoms with Gasteiger partial charge in [-0.2, -0.15) is 0 Å². The zero-order valence-electron chi connectivity index (χ0n) is 9.66. The molecule has 0 saturated carbocycles. The molecule has 0 amide bonds. The van der Waals surface area contributed by atoms with Gasteiger partial charge in [0.25, 0.3) is 0 Å². The number of rotatable bonds is 4. The van der Waals surface area contributed by atoms with Gasteiger partial charge in [-0.3, -0.25) is 0 Å². The molecule has 1 N–H and O–H groups in total. The van der Waals surface area contributed by atoms with E-state index in [0.29, 0.717) is 0 Å². The first-order valence-electron chi connectivity index (χ1n) is 5.46. The molecule has 0 radical (unpaired) electrons. The van der Waals surface area contributed by atoms with Gasteiger partial charge >= 0.3 is 0 Å². The van der Waals surface area contributed by atoms with Crippen LogP contribution in [0.1, 0.15) is 16.0 Å². The maximum Gasteiger partial charge on any atom is 0.182 e. The van der Waals surface area contributed by atoms with E-state index in [1.54, 1.807) is 11.3 Å². The largest absolute Gasteiger partial charge is 0.365 e. The highest BCUT2D eigenvalue weighted by atomic mass is 32.1. The van der Waals surface area contributed by atoms with Crippen molar-refractivity contribution in [1.29, 1.82) is 0 Å². The highest BCUT2D eigenvalue weighted by Gasteiger charge is 2.00. The smallest absolute Gasteiger partial charge is 0.182 e. The molecule has 2 nitrogen and oxygen atoms in total. The lowest BCUT2D eigenvalue weighted by atomic mass is 10.1. The predicted molar refractivity (Wildman–Crippen MR) is 70.2 cm³/mol. The molecule has 16 heavy (non-hydrogen) atoms. The fraction of sp³-hybridized carbons (Fsp3) is 0.308. The van der Waals surface area contributed by atoms with Crippen molar-refractivity contribution in [2.75, 3.05) is 12.4 Å². The Morgan fingerprint density at radius 3 is 2.56 bits per heavy atom. The van der Waals surface area contributed by atoms with Gasteiger partial charge in [-0.15, -0.1) is 11.3 Å². The van der Waals surface area contributed by atoms with Crippen LogP contribution in [0.2, 0.25) is 0 Å². The van der Waals surface area contributed by atoms with Crippen LogP contribution in [0.5, 0.6) is 0 Å².